The topological polar surface area (TPSA) is 22.9 Å². The quantitative estimate of drug-likeness (QED) is 0.136. The number of halogens is 1. The van der Waals surface area contributed by atoms with Gasteiger partial charge in [0.1, 0.15) is 11.3 Å². The van der Waals surface area contributed by atoms with Gasteiger partial charge in [-0.25, -0.2) is 0 Å². The second-order valence-corrected chi connectivity index (χ2v) is 30.8. The van der Waals surface area contributed by atoms with Crippen LogP contribution in [0.15, 0.2) is 199 Å². The lowest BCUT2D eigenvalue weighted by Crippen LogP contribution is -2.19. The molecule has 0 fully saturated rings. The van der Waals surface area contributed by atoms with E-state index in [1.165, 1.54) is 77.5 Å². The Morgan fingerprint density at radius 2 is 0.761 bits per heavy atom. The Hall–Kier alpha value is -8.31. The molecule has 1 aromatic heterocycles. The standard InChI is InChI=1S/C83H78ClN3O/c1-79(2)43-54-21-28-63(35-58(54)47-79)86(64-29-22-55-44-80(3,4)48-59(55)36-64)73-41-68(42-74(78(73)84)87(65-30-23-56-45-81(5,6)49-60(56)37-65)66-31-24-57-46-82(7,8)50-61(57)38-66)85(62-26-19-52(20-27-62)76-39-53-16-12-14-18-75(53)88-76)67-32-33-70-72(40-67)83(9,10)71-34-25-51-15-11-13-17-69(51)77(70)71/h11-42H,43-50H2,1-10H3. The fourth-order valence-corrected chi connectivity index (χ4v) is 16.9. The first-order valence-electron chi connectivity index (χ1n) is 32.1. The van der Waals surface area contributed by atoms with Crippen molar-refractivity contribution in [1.29, 1.82) is 0 Å². The molecular formula is C83H78ClN3O. The van der Waals surface area contributed by atoms with Gasteiger partial charge in [0.25, 0.3) is 0 Å². The third-order valence-electron chi connectivity index (χ3n) is 20.5. The van der Waals surface area contributed by atoms with E-state index in [1.54, 1.807) is 0 Å². The van der Waals surface area contributed by atoms with Crippen LogP contribution in [0.4, 0.5) is 51.2 Å². The van der Waals surface area contributed by atoms with Crippen LogP contribution in [0.25, 0.3) is 44.2 Å². The second-order valence-electron chi connectivity index (χ2n) is 30.4. The molecule has 0 N–H and O–H groups in total. The summed E-state index contributed by atoms with van der Waals surface area (Å²) in [6, 6.07) is 74.0. The van der Waals surface area contributed by atoms with Gasteiger partial charge in [0, 0.05) is 50.5 Å². The molecule has 0 atom stereocenters. The van der Waals surface area contributed by atoms with Crippen LogP contribution in [-0.4, -0.2) is 0 Å². The summed E-state index contributed by atoms with van der Waals surface area (Å²) in [5.74, 6) is 0.844. The Labute approximate surface area is 525 Å². The van der Waals surface area contributed by atoms with Crippen LogP contribution >= 0.6 is 11.6 Å². The highest BCUT2D eigenvalue weighted by atomic mass is 35.5. The first-order chi connectivity index (χ1) is 42.1. The zero-order chi connectivity index (χ0) is 60.4. The summed E-state index contributed by atoms with van der Waals surface area (Å²) < 4.78 is 6.54. The van der Waals surface area contributed by atoms with E-state index in [9.17, 15) is 0 Å². The lowest BCUT2D eigenvalue weighted by molar-refractivity contribution is 0.392. The summed E-state index contributed by atoms with van der Waals surface area (Å²) in [6.07, 6.45) is 8.32. The fraction of sp³-hybridized carbons (Fsp3) is 0.277. The Kier molecular flexibility index (Phi) is 12.3. The maximum Gasteiger partial charge on any atom is 0.135 e. The molecule has 0 saturated carbocycles. The lowest BCUT2D eigenvalue weighted by atomic mass is 9.82. The van der Waals surface area contributed by atoms with Crippen molar-refractivity contribution in [3.05, 3.63) is 255 Å². The number of hydrogen-bond donors (Lipinski definition) is 0. The molecule has 5 aliphatic rings. The van der Waals surface area contributed by atoms with Gasteiger partial charge >= 0.3 is 0 Å². The Bertz CT molecular complexity index is 4370. The van der Waals surface area contributed by atoms with Gasteiger partial charge < -0.3 is 19.1 Å². The molecule has 0 spiro atoms. The minimum Gasteiger partial charge on any atom is -0.456 e. The van der Waals surface area contributed by atoms with Crippen LogP contribution in [0, 0.1) is 21.7 Å². The van der Waals surface area contributed by atoms with Crippen molar-refractivity contribution in [3.8, 4) is 22.5 Å². The molecule has 5 heteroatoms. The van der Waals surface area contributed by atoms with Gasteiger partial charge in [-0.2, -0.15) is 0 Å². The summed E-state index contributed by atoms with van der Waals surface area (Å²) >= 11 is 8.64. The molecule has 0 unspecified atom stereocenters. The largest absolute Gasteiger partial charge is 0.456 e. The highest BCUT2D eigenvalue weighted by Gasteiger charge is 2.39. The fourth-order valence-electron chi connectivity index (χ4n) is 16.6. The molecule has 438 valence electrons. The van der Waals surface area contributed by atoms with Crippen LogP contribution in [-0.2, 0) is 56.8 Å². The Balaban J connectivity index is 0.976. The SMILES string of the molecule is CC1(C)Cc2ccc(N(c3ccc4c(c3)CC(C)(C)C4)c3cc(N(c4ccc(-c5cc6ccccc6o5)cc4)c4ccc5c(c4)C(C)(C)c4ccc6ccccc6c4-5)cc(N(c4ccc5c(c4)CC(C)(C)C5)c4ccc5c(c4)CC(C)(C)C5)c3Cl)cc2C1. The molecule has 0 amide bonds. The molecular weight excluding hydrogens is 1090 g/mol. The van der Waals surface area contributed by atoms with Crippen molar-refractivity contribution in [2.45, 2.75) is 126 Å². The lowest BCUT2D eigenvalue weighted by Gasteiger charge is -2.35. The van der Waals surface area contributed by atoms with Crippen molar-refractivity contribution in [3.63, 3.8) is 0 Å². The van der Waals surface area contributed by atoms with Gasteiger partial charge in [-0.15, -0.1) is 0 Å². The minimum absolute atomic E-state index is 0.172. The van der Waals surface area contributed by atoms with Crippen LogP contribution in [0.2, 0.25) is 5.02 Å². The number of furan rings is 1. The number of hydrogen-bond acceptors (Lipinski definition) is 4. The maximum atomic E-state index is 8.64. The van der Waals surface area contributed by atoms with Crippen LogP contribution < -0.4 is 14.7 Å². The summed E-state index contributed by atoms with van der Waals surface area (Å²) in [4.78, 5) is 7.49. The van der Waals surface area contributed by atoms with Crippen molar-refractivity contribution in [2.75, 3.05) is 14.7 Å². The number of benzene rings is 10. The molecule has 0 radical (unpaired) electrons. The van der Waals surface area contributed by atoms with Gasteiger partial charge in [-0.05, 0) is 260 Å². The number of rotatable bonds is 10. The number of anilines is 9. The van der Waals surface area contributed by atoms with E-state index in [0.29, 0.717) is 5.02 Å². The van der Waals surface area contributed by atoms with Gasteiger partial charge in [0.15, 0.2) is 0 Å². The molecule has 11 aromatic rings. The smallest absolute Gasteiger partial charge is 0.135 e. The molecule has 10 aromatic carbocycles. The zero-order valence-electron chi connectivity index (χ0n) is 52.8. The first-order valence-corrected chi connectivity index (χ1v) is 32.5. The van der Waals surface area contributed by atoms with E-state index >= 15 is 0 Å². The maximum absolute atomic E-state index is 8.64. The highest BCUT2D eigenvalue weighted by molar-refractivity contribution is 6.37. The molecule has 0 bridgehead atoms. The summed E-state index contributed by atoms with van der Waals surface area (Å²) in [5.41, 5.74) is 28.3. The predicted molar refractivity (Wildman–Crippen MR) is 371 cm³/mol. The minimum atomic E-state index is -0.278. The monoisotopic (exact) mass is 1170 g/mol. The van der Waals surface area contributed by atoms with Crippen molar-refractivity contribution in [2.24, 2.45) is 21.7 Å². The van der Waals surface area contributed by atoms with Crippen LogP contribution in [0.1, 0.15) is 125 Å². The summed E-state index contributed by atoms with van der Waals surface area (Å²) in [7, 11) is 0. The normalized spacial score (nSPS) is 17.4. The van der Waals surface area contributed by atoms with E-state index in [-0.39, 0.29) is 27.1 Å². The van der Waals surface area contributed by atoms with Gasteiger partial charge in [-0.3, -0.25) is 0 Å². The van der Waals surface area contributed by atoms with Crippen molar-refractivity contribution in [1.82, 2.24) is 0 Å². The van der Waals surface area contributed by atoms with Crippen LogP contribution in [0.5, 0.6) is 0 Å². The molecule has 5 aliphatic carbocycles. The van der Waals surface area contributed by atoms with E-state index in [2.05, 4.69) is 266 Å². The van der Waals surface area contributed by atoms with Gasteiger partial charge in [-0.1, -0.05) is 166 Å². The number of para-hydroxylation sites is 1. The summed E-state index contributed by atoms with van der Waals surface area (Å²) in [5, 5.41) is 4.32. The van der Waals surface area contributed by atoms with Crippen molar-refractivity contribution >= 4 is 84.5 Å². The first kappa shape index (κ1) is 55.0. The number of nitrogens with zero attached hydrogens (tertiary/aromatic N) is 3. The predicted octanol–water partition coefficient (Wildman–Crippen LogP) is 23.1. The Morgan fingerprint density at radius 1 is 0.341 bits per heavy atom. The van der Waals surface area contributed by atoms with E-state index < -0.39 is 0 Å². The molecule has 0 aliphatic heterocycles. The van der Waals surface area contributed by atoms with Gasteiger partial charge in [0.2, 0.25) is 0 Å². The zero-order valence-corrected chi connectivity index (χ0v) is 53.5. The van der Waals surface area contributed by atoms with Crippen molar-refractivity contribution < 1.29 is 4.42 Å². The molecule has 1 heterocycles. The third kappa shape index (κ3) is 9.30. The average Bonchev–Trinajstić information content (AvgIpc) is 1.52. The van der Waals surface area contributed by atoms with E-state index in [4.69, 9.17) is 16.0 Å². The molecule has 88 heavy (non-hydrogen) atoms. The number of fused-ring (bicyclic) bond motifs is 10. The highest BCUT2D eigenvalue weighted by Crippen LogP contribution is 2.57. The molecule has 16 rings (SSSR count). The second kappa shape index (κ2) is 19.6. The van der Waals surface area contributed by atoms with E-state index in [1.807, 2.05) is 12.1 Å². The Morgan fingerprint density at radius 3 is 1.25 bits per heavy atom. The third-order valence-corrected chi connectivity index (χ3v) is 20.9. The average molecular weight is 1170 g/mol. The van der Waals surface area contributed by atoms with Crippen LogP contribution in [0.3, 0.4) is 0 Å². The van der Waals surface area contributed by atoms with E-state index in [0.717, 1.165) is 125 Å². The molecule has 0 saturated heterocycles. The molecule has 4 nitrogen and oxygen atoms in total. The van der Waals surface area contributed by atoms with Gasteiger partial charge in [0.05, 0.1) is 22.1 Å². The summed E-state index contributed by atoms with van der Waals surface area (Å²) in [6.45, 7) is 24.1.